The summed E-state index contributed by atoms with van der Waals surface area (Å²) in [6.07, 6.45) is 53.9. The number of hydrogen-bond donors (Lipinski definition) is 3. The zero-order chi connectivity index (χ0) is 38.9. The molecule has 3 N–H and O–H groups in total. The number of nitrogens with one attached hydrogen (secondary N) is 1. The Bertz CT molecular complexity index is 1020. The number of aliphatic hydroxyl groups excluding tert-OH is 1. The van der Waals surface area contributed by atoms with Crippen LogP contribution < -0.4 is 5.32 Å². The molecule has 0 radical (unpaired) electrons. The highest BCUT2D eigenvalue weighted by atomic mass is 32.2. The van der Waals surface area contributed by atoms with Crippen LogP contribution >= 0.6 is 0 Å². The molecule has 0 aromatic heterocycles. The molecule has 0 rings (SSSR count). The van der Waals surface area contributed by atoms with E-state index in [2.05, 4.69) is 55.6 Å². The third-order valence-corrected chi connectivity index (χ3v) is 10.7. The first-order chi connectivity index (χ1) is 25.8. The molecule has 310 valence electrons. The van der Waals surface area contributed by atoms with Crippen molar-refractivity contribution in [2.24, 2.45) is 0 Å². The van der Waals surface area contributed by atoms with Crippen LogP contribution in [0.4, 0.5) is 0 Å². The first-order valence-corrected chi connectivity index (χ1v) is 23.9. The minimum Gasteiger partial charge on any atom is -0.387 e. The Balaban J connectivity index is 3.95. The summed E-state index contributed by atoms with van der Waals surface area (Å²) in [5, 5.41) is 13.2. The zero-order valence-electron chi connectivity index (χ0n) is 34.6. The summed E-state index contributed by atoms with van der Waals surface area (Å²) < 4.78 is 32.5. The number of carbonyl (C=O) groups is 1. The van der Waals surface area contributed by atoms with Gasteiger partial charge in [0, 0.05) is 6.42 Å². The van der Waals surface area contributed by atoms with E-state index in [1.807, 2.05) is 0 Å². The predicted octanol–water partition coefficient (Wildman–Crippen LogP) is 13.5. The summed E-state index contributed by atoms with van der Waals surface area (Å²) in [7, 11) is -4.36. The van der Waals surface area contributed by atoms with Gasteiger partial charge in [0.05, 0.1) is 17.9 Å². The normalized spacial score (nSPS) is 13.7. The first kappa shape index (κ1) is 51.3. The van der Waals surface area contributed by atoms with E-state index < -0.39 is 28.0 Å². The van der Waals surface area contributed by atoms with E-state index in [-0.39, 0.29) is 12.3 Å². The SMILES string of the molecule is CCCCCCCC/C=C\CCCCCCCCCCCC(=O)NC(CS(=O)(=O)O)C(O)/C=C/CC/C=C/CC/C=C/CCCCCCCCCCC. The lowest BCUT2D eigenvalue weighted by atomic mass is 10.0. The topological polar surface area (TPSA) is 104 Å². The molecule has 1 amide bonds. The lowest BCUT2D eigenvalue weighted by molar-refractivity contribution is -0.122. The van der Waals surface area contributed by atoms with Crippen LogP contribution in [-0.4, -0.2) is 41.9 Å². The van der Waals surface area contributed by atoms with Crippen LogP contribution in [0, 0.1) is 0 Å². The van der Waals surface area contributed by atoms with E-state index in [4.69, 9.17) is 0 Å². The molecule has 0 aliphatic heterocycles. The molecule has 2 atom stereocenters. The largest absolute Gasteiger partial charge is 0.387 e. The molecule has 0 aliphatic carbocycles. The first-order valence-electron chi connectivity index (χ1n) is 22.3. The van der Waals surface area contributed by atoms with Gasteiger partial charge < -0.3 is 10.4 Å². The van der Waals surface area contributed by atoms with Gasteiger partial charge in [-0.1, -0.05) is 191 Å². The van der Waals surface area contributed by atoms with Crippen molar-refractivity contribution in [1.82, 2.24) is 5.32 Å². The monoisotopic (exact) mass is 764 g/mol. The number of rotatable bonds is 40. The van der Waals surface area contributed by atoms with Crippen LogP contribution in [0.3, 0.4) is 0 Å². The van der Waals surface area contributed by atoms with Gasteiger partial charge in [0.1, 0.15) is 0 Å². The number of carbonyl (C=O) groups excluding carboxylic acids is 1. The van der Waals surface area contributed by atoms with Crippen molar-refractivity contribution in [2.75, 3.05) is 5.75 Å². The Labute approximate surface area is 329 Å². The lowest BCUT2D eigenvalue weighted by Gasteiger charge is -2.21. The van der Waals surface area contributed by atoms with Gasteiger partial charge in [-0.25, -0.2) is 0 Å². The van der Waals surface area contributed by atoms with Gasteiger partial charge in [-0.15, -0.1) is 0 Å². The van der Waals surface area contributed by atoms with Crippen molar-refractivity contribution >= 4 is 16.0 Å². The highest BCUT2D eigenvalue weighted by Crippen LogP contribution is 2.14. The van der Waals surface area contributed by atoms with Gasteiger partial charge in [-0.05, 0) is 70.6 Å². The Kier molecular flexibility index (Phi) is 38.7. The second kappa shape index (κ2) is 40.0. The van der Waals surface area contributed by atoms with Crippen LogP contribution in [0.15, 0.2) is 48.6 Å². The van der Waals surface area contributed by atoms with E-state index in [1.165, 1.54) is 160 Å². The van der Waals surface area contributed by atoms with E-state index in [0.29, 0.717) is 6.42 Å². The Morgan fingerprint density at radius 1 is 0.491 bits per heavy atom. The van der Waals surface area contributed by atoms with Gasteiger partial charge >= 0.3 is 0 Å². The van der Waals surface area contributed by atoms with E-state index in [0.717, 1.165) is 38.5 Å². The number of allylic oxidation sites excluding steroid dienone is 7. The van der Waals surface area contributed by atoms with Crippen molar-refractivity contribution in [2.45, 2.75) is 231 Å². The van der Waals surface area contributed by atoms with Crippen molar-refractivity contribution < 1.29 is 22.9 Å². The highest BCUT2D eigenvalue weighted by molar-refractivity contribution is 7.85. The summed E-state index contributed by atoms with van der Waals surface area (Å²) >= 11 is 0. The van der Waals surface area contributed by atoms with Crippen LogP contribution in [0.1, 0.15) is 219 Å². The summed E-state index contributed by atoms with van der Waals surface area (Å²) in [5.41, 5.74) is 0. The maximum Gasteiger partial charge on any atom is 0.267 e. The molecule has 2 unspecified atom stereocenters. The Morgan fingerprint density at radius 3 is 1.19 bits per heavy atom. The number of aliphatic hydroxyl groups is 1. The molecule has 0 spiro atoms. The summed E-state index contributed by atoms with van der Waals surface area (Å²) in [6, 6.07) is -1.08. The fourth-order valence-electron chi connectivity index (χ4n) is 6.59. The molecule has 0 aliphatic rings. The maximum absolute atomic E-state index is 12.5. The summed E-state index contributed by atoms with van der Waals surface area (Å²) in [4.78, 5) is 12.5. The van der Waals surface area contributed by atoms with Crippen molar-refractivity contribution in [3.63, 3.8) is 0 Å². The summed E-state index contributed by atoms with van der Waals surface area (Å²) in [6.45, 7) is 4.53. The van der Waals surface area contributed by atoms with Gasteiger partial charge in [0.25, 0.3) is 10.1 Å². The number of hydrogen-bond acceptors (Lipinski definition) is 4. The average Bonchev–Trinajstić information content (AvgIpc) is 3.12. The van der Waals surface area contributed by atoms with Crippen molar-refractivity contribution in [3.8, 4) is 0 Å². The third-order valence-electron chi connectivity index (χ3n) is 9.96. The average molecular weight is 764 g/mol. The van der Waals surface area contributed by atoms with Gasteiger partial charge in [-0.3, -0.25) is 9.35 Å². The fraction of sp³-hybridized carbons (Fsp3) is 0.804. The van der Waals surface area contributed by atoms with E-state index in [1.54, 1.807) is 6.08 Å². The minimum atomic E-state index is -4.36. The quantitative estimate of drug-likeness (QED) is 0.0327. The molecule has 0 bridgehead atoms. The smallest absolute Gasteiger partial charge is 0.267 e. The molecular weight excluding hydrogens is 679 g/mol. The molecule has 0 heterocycles. The molecule has 53 heavy (non-hydrogen) atoms. The molecule has 0 saturated heterocycles. The number of unbranched alkanes of at least 4 members (excludes halogenated alkanes) is 26. The molecule has 0 aromatic carbocycles. The van der Waals surface area contributed by atoms with E-state index in [9.17, 15) is 22.9 Å². The number of amides is 1. The third kappa shape index (κ3) is 41.3. The zero-order valence-corrected chi connectivity index (χ0v) is 35.5. The van der Waals surface area contributed by atoms with Crippen molar-refractivity contribution in [1.29, 1.82) is 0 Å². The predicted molar refractivity (Wildman–Crippen MR) is 230 cm³/mol. The highest BCUT2D eigenvalue weighted by Gasteiger charge is 2.24. The molecule has 0 fully saturated rings. The molecular formula is C46H85NO5S. The van der Waals surface area contributed by atoms with E-state index >= 15 is 0 Å². The van der Waals surface area contributed by atoms with Crippen LogP contribution in [0.2, 0.25) is 0 Å². The van der Waals surface area contributed by atoms with Crippen LogP contribution in [0.25, 0.3) is 0 Å². The van der Waals surface area contributed by atoms with Gasteiger partial charge in [0.2, 0.25) is 5.91 Å². The summed E-state index contributed by atoms with van der Waals surface area (Å²) in [5.74, 6) is -1.01. The Morgan fingerprint density at radius 2 is 0.811 bits per heavy atom. The second-order valence-electron chi connectivity index (χ2n) is 15.3. The Hall–Kier alpha value is -1.70. The molecule has 6 nitrogen and oxygen atoms in total. The fourth-order valence-corrected chi connectivity index (χ4v) is 7.33. The standard InChI is InChI=1S/C46H85NO5S/c1-3-5-7-9-11-13-15-17-19-21-23-25-27-29-31-33-35-37-39-41-45(48)44(43-53(50,51)52)47-46(49)42-40-38-36-34-32-30-28-26-24-22-20-18-16-14-12-10-8-6-4-2/h18,20,23,25,31,33,39,41,44-45,48H,3-17,19,21-22,24,26-30,32,34-38,40,42-43H2,1-2H3,(H,47,49)(H,50,51,52)/b20-18-,25-23+,33-31+,41-39+. The van der Waals surface area contributed by atoms with Crippen LogP contribution in [-0.2, 0) is 14.9 Å². The molecule has 7 heteroatoms. The minimum absolute atomic E-state index is 0.282. The van der Waals surface area contributed by atoms with Gasteiger partial charge in [0.15, 0.2) is 0 Å². The maximum atomic E-state index is 12.5. The van der Waals surface area contributed by atoms with Gasteiger partial charge in [-0.2, -0.15) is 8.42 Å². The molecule has 0 aromatic rings. The second-order valence-corrected chi connectivity index (χ2v) is 16.8. The van der Waals surface area contributed by atoms with Crippen LogP contribution in [0.5, 0.6) is 0 Å². The molecule has 0 saturated carbocycles. The lowest BCUT2D eigenvalue weighted by Crippen LogP contribution is -2.46. The van der Waals surface area contributed by atoms with Crippen molar-refractivity contribution in [3.05, 3.63) is 48.6 Å².